The quantitative estimate of drug-likeness (QED) is 0.0409. The highest BCUT2D eigenvalue weighted by Gasteiger charge is 2.22. The molecule has 368 valence electrons. The summed E-state index contributed by atoms with van der Waals surface area (Å²) in [4.78, 5) is 33.6. The highest BCUT2D eigenvalue weighted by molar-refractivity contribution is 5.70. The molecule has 5 N–H and O–H groups in total. The molecule has 0 bridgehead atoms. The second-order valence-electron chi connectivity index (χ2n) is 15.5. The van der Waals surface area contributed by atoms with Gasteiger partial charge in [-0.25, -0.2) is 0 Å². The Hall–Kier alpha value is -2.11. The van der Waals surface area contributed by atoms with E-state index in [1.807, 2.05) is 62.3 Å². The molecule has 0 heterocycles. The number of carbonyl (C=O) groups excluding carboxylic acids is 3. The molecule has 19 heteroatoms. The molecule has 8 atom stereocenters. The van der Waals surface area contributed by atoms with Gasteiger partial charge < -0.3 is 77.6 Å². The van der Waals surface area contributed by atoms with Gasteiger partial charge in [-0.15, -0.1) is 0 Å². The molecule has 0 spiro atoms. The fraction of sp³-hybridized carbons (Fsp3) is 0.929. The summed E-state index contributed by atoms with van der Waals surface area (Å²) in [5.74, 6) is -1.03. The van der Waals surface area contributed by atoms with Gasteiger partial charge in [-0.3, -0.25) is 14.4 Å². The van der Waals surface area contributed by atoms with Crippen molar-refractivity contribution < 1.29 is 93.4 Å². The Bertz CT molecular complexity index is 1020. The number of aliphatic hydroxyl groups is 5. The number of aliphatic hydroxyl groups excluding tert-OH is 5. The molecule has 0 aromatic rings. The molecule has 0 fully saturated rings. The molecule has 0 aliphatic carbocycles. The predicted molar refractivity (Wildman–Crippen MR) is 226 cm³/mol. The molecule has 0 aromatic carbocycles. The topological polar surface area (TPSA) is 254 Å². The zero-order valence-corrected chi connectivity index (χ0v) is 39.7. The van der Waals surface area contributed by atoms with Crippen LogP contribution in [0.2, 0.25) is 0 Å². The Balaban J connectivity index is -0.000000369. The van der Waals surface area contributed by atoms with E-state index in [4.69, 9.17) is 79.0 Å². The van der Waals surface area contributed by atoms with Gasteiger partial charge in [-0.05, 0) is 36.5 Å². The molecule has 0 amide bonds. The Labute approximate surface area is 367 Å². The van der Waals surface area contributed by atoms with E-state index in [-0.39, 0.29) is 114 Å². The third-order valence-corrected chi connectivity index (χ3v) is 7.69. The van der Waals surface area contributed by atoms with E-state index in [0.29, 0.717) is 32.1 Å². The zero-order chi connectivity index (χ0) is 48.7. The second-order valence-corrected chi connectivity index (χ2v) is 15.5. The Morgan fingerprint density at radius 2 is 0.754 bits per heavy atom. The summed E-state index contributed by atoms with van der Waals surface area (Å²) in [6.07, 6.45) is -0.457. The second kappa shape index (κ2) is 40.7. The third-order valence-electron chi connectivity index (χ3n) is 7.69. The van der Waals surface area contributed by atoms with Crippen LogP contribution in [-0.4, -0.2) is 174 Å². The van der Waals surface area contributed by atoms with Crippen molar-refractivity contribution >= 4 is 17.9 Å². The Morgan fingerprint density at radius 1 is 0.475 bits per heavy atom. The van der Waals surface area contributed by atoms with Gasteiger partial charge in [0.15, 0.2) is 25.2 Å². The van der Waals surface area contributed by atoms with E-state index < -0.39 is 30.6 Å². The molecular weight excluding hydrogens is 808 g/mol. The minimum atomic E-state index is -0.680. The minimum absolute atomic E-state index is 0.0140. The van der Waals surface area contributed by atoms with Crippen LogP contribution in [0.5, 0.6) is 0 Å². The fourth-order valence-electron chi connectivity index (χ4n) is 4.03. The monoisotopic (exact) mass is 896 g/mol. The molecular formula is C42H86O19. The molecule has 61 heavy (non-hydrogen) atoms. The standard InChI is InChI=1S/2C13H26O5.C9H18O5.C7H16O4/c2*1-6-10(8-14)18-12(16-5)9-17-11(15)7-13(2,3)4;1-4-8(5-10)14-9(12-3)6-13-7(2)11;1-3-6(4-8)11-7(5-9)10-2/h2*10,12,14H,6-9H2,1-5H3;8-10H,4-6H2,1-3H3;6-9H,3-5H2,1-2H3/i2D;;;. The first-order chi connectivity index (χ1) is 29.1. The third kappa shape index (κ3) is 42.9. The molecule has 8 unspecified atom stereocenters. The summed E-state index contributed by atoms with van der Waals surface area (Å²) in [5.41, 5.74) is -0.491. The van der Waals surface area contributed by atoms with Crippen molar-refractivity contribution in [1.82, 2.24) is 0 Å². The van der Waals surface area contributed by atoms with Gasteiger partial charge in [0, 0.05) is 36.7 Å². The largest absolute Gasteiger partial charge is 0.460 e. The number of esters is 3. The van der Waals surface area contributed by atoms with Crippen molar-refractivity contribution in [2.75, 3.05) is 81.3 Å². The van der Waals surface area contributed by atoms with Gasteiger partial charge in [0.05, 0.1) is 70.3 Å². The van der Waals surface area contributed by atoms with Crippen molar-refractivity contribution in [3.8, 4) is 0 Å². The van der Waals surface area contributed by atoms with E-state index in [2.05, 4.69) is 0 Å². The summed E-state index contributed by atoms with van der Waals surface area (Å²) >= 11 is 0. The Kier molecular flexibility index (Phi) is 42.1. The van der Waals surface area contributed by atoms with Crippen LogP contribution in [0.25, 0.3) is 0 Å². The van der Waals surface area contributed by atoms with Gasteiger partial charge in [-0.2, -0.15) is 0 Å². The summed E-state index contributed by atoms with van der Waals surface area (Å²) < 4.78 is 63.2. The average Bonchev–Trinajstić information content (AvgIpc) is 3.24. The van der Waals surface area contributed by atoms with Crippen molar-refractivity contribution in [3.05, 3.63) is 0 Å². The zero-order valence-electron chi connectivity index (χ0n) is 40.7. The fourth-order valence-corrected chi connectivity index (χ4v) is 4.03. The van der Waals surface area contributed by atoms with E-state index in [1.165, 1.54) is 35.4 Å². The lowest BCUT2D eigenvalue weighted by molar-refractivity contribution is -0.195. The molecule has 19 nitrogen and oxygen atoms in total. The number of ether oxygens (including phenoxy) is 11. The number of rotatable bonds is 29. The van der Waals surface area contributed by atoms with Crippen LogP contribution in [-0.2, 0) is 66.5 Å². The van der Waals surface area contributed by atoms with E-state index in [1.54, 1.807) is 0 Å². The smallest absolute Gasteiger partial charge is 0.306 e. The lowest BCUT2D eigenvalue weighted by Gasteiger charge is -2.22. The summed E-state index contributed by atoms with van der Waals surface area (Å²) in [6.45, 7) is 18.2. The maximum Gasteiger partial charge on any atom is 0.306 e. The van der Waals surface area contributed by atoms with Crippen LogP contribution in [0.4, 0.5) is 0 Å². The van der Waals surface area contributed by atoms with Crippen LogP contribution >= 0.6 is 0 Å². The average molecular weight is 896 g/mol. The van der Waals surface area contributed by atoms with Crippen LogP contribution < -0.4 is 0 Å². The van der Waals surface area contributed by atoms with Crippen LogP contribution in [0.3, 0.4) is 0 Å². The molecule has 0 rings (SSSR count). The summed E-state index contributed by atoms with van der Waals surface area (Å²) in [5, 5.41) is 44.2. The molecule has 0 aliphatic rings. The maximum atomic E-state index is 11.6. The van der Waals surface area contributed by atoms with Gasteiger partial charge in [0.25, 0.3) is 0 Å². The molecule has 0 radical (unpaired) electrons. The van der Waals surface area contributed by atoms with Crippen molar-refractivity contribution in [3.63, 3.8) is 0 Å². The number of hydrogen-bond acceptors (Lipinski definition) is 19. The SMILES string of the molecule is CCC(CO)OC(CO)OC.CCC(CO)OC(COC(=O)CC(C)(C)C)OC.CCC(CO)OC(COC(C)=O)OC.[2H]CC(C)(C)CC(=O)OCC(OC)OC(CC)CO. The van der Waals surface area contributed by atoms with Crippen molar-refractivity contribution in [2.24, 2.45) is 10.8 Å². The maximum absolute atomic E-state index is 11.6. The Morgan fingerprint density at radius 3 is 0.967 bits per heavy atom. The molecule has 0 saturated carbocycles. The molecule has 0 aromatic heterocycles. The van der Waals surface area contributed by atoms with Gasteiger partial charge in [0.2, 0.25) is 0 Å². The summed E-state index contributed by atoms with van der Waals surface area (Å²) in [6, 6.07) is 0. The van der Waals surface area contributed by atoms with Crippen LogP contribution in [0.1, 0.15) is 116 Å². The first-order valence-corrected chi connectivity index (χ1v) is 20.6. The highest BCUT2D eigenvalue weighted by Crippen LogP contribution is 2.20. The van der Waals surface area contributed by atoms with Crippen LogP contribution in [0.15, 0.2) is 0 Å². The van der Waals surface area contributed by atoms with E-state index in [9.17, 15) is 14.4 Å². The lowest BCUT2D eigenvalue weighted by atomic mass is 9.92. The van der Waals surface area contributed by atoms with Crippen molar-refractivity contribution in [2.45, 2.75) is 164 Å². The number of methoxy groups -OCH3 is 4. The first kappa shape index (κ1) is 63.2. The predicted octanol–water partition coefficient (Wildman–Crippen LogP) is 3.50. The van der Waals surface area contributed by atoms with Gasteiger partial charge in [0.1, 0.15) is 19.8 Å². The van der Waals surface area contributed by atoms with Gasteiger partial charge >= 0.3 is 17.9 Å². The molecule has 0 aliphatic heterocycles. The first-order valence-electron chi connectivity index (χ1n) is 21.3. The normalized spacial score (nSPS) is 15.6. The van der Waals surface area contributed by atoms with E-state index >= 15 is 0 Å². The number of hydrogen-bond donors (Lipinski definition) is 5. The minimum Gasteiger partial charge on any atom is -0.460 e. The van der Waals surface area contributed by atoms with Gasteiger partial charge in [-0.1, -0.05) is 69.2 Å². The van der Waals surface area contributed by atoms with Crippen molar-refractivity contribution in [1.29, 1.82) is 0 Å². The lowest BCUT2D eigenvalue weighted by Crippen LogP contribution is -2.31. The highest BCUT2D eigenvalue weighted by atomic mass is 16.7. The van der Waals surface area contributed by atoms with Crippen LogP contribution in [0, 0.1) is 10.8 Å². The van der Waals surface area contributed by atoms with E-state index in [0.717, 1.165) is 0 Å². The summed E-state index contributed by atoms with van der Waals surface area (Å²) in [7, 11) is 5.84. The molecule has 0 saturated heterocycles. The number of carbonyl (C=O) groups is 3.